The zero-order valence-corrected chi connectivity index (χ0v) is 26.0. The van der Waals surface area contributed by atoms with Crippen LogP contribution >= 0.6 is 0 Å². The van der Waals surface area contributed by atoms with E-state index in [9.17, 15) is 0 Å². The molecule has 0 heterocycles. The van der Waals surface area contributed by atoms with Gasteiger partial charge in [-0.05, 0) is 58.6 Å². The maximum absolute atomic E-state index is 6.64. The van der Waals surface area contributed by atoms with E-state index in [1.54, 1.807) is 0 Å². The van der Waals surface area contributed by atoms with Gasteiger partial charge in [0.25, 0.3) is 0 Å². The van der Waals surface area contributed by atoms with Crippen LogP contribution in [0, 0.1) is 5.41 Å². The Labute approximate surface area is 239 Å². The molecular weight excluding hydrogens is 555 g/mol. The standard InChI is InChI=1S/C29H38OSi.2ClH.Zr/c1-5-31(6-2,7-3)30-22-12-21-29(4,27-19-17-23-13-8-10-15-25(23)27)28-20-18-24-14-9-11-16-26(24)28;;;/h8-11,13-20,27-28H,5-7,12,21-22H2,1-4H3;2*1H;/q;;;+2/p-2. The van der Waals surface area contributed by atoms with Crippen molar-refractivity contribution >= 4 is 20.5 Å². The van der Waals surface area contributed by atoms with Crippen LogP contribution in [-0.4, -0.2) is 14.9 Å². The molecule has 1 nitrogen and oxygen atoms in total. The molecule has 2 aliphatic rings. The van der Waals surface area contributed by atoms with Gasteiger partial charge in [0.05, 0.1) is 0 Å². The fourth-order valence-electron chi connectivity index (χ4n) is 5.95. The second-order valence-electron chi connectivity index (χ2n) is 9.63. The third-order valence-electron chi connectivity index (χ3n) is 8.22. The van der Waals surface area contributed by atoms with Crippen molar-refractivity contribution in [3.05, 3.63) is 82.9 Å². The van der Waals surface area contributed by atoms with Gasteiger partial charge in [-0.1, -0.05) is 101 Å². The Balaban J connectivity index is 0.00000193. The Morgan fingerprint density at radius 2 is 1.21 bits per heavy atom. The smallest absolute Gasteiger partial charge is 1.00 e. The van der Waals surface area contributed by atoms with Gasteiger partial charge < -0.3 is 29.2 Å². The molecule has 4 rings (SSSR count). The van der Waals surface area contributed by atoms with Crippen LogP contribution in [0.4, 0.5) is 0 Å². The van der Waals surface area contributed by atoms with Crippen LogP contribution in [0.25, 0.3) is 12.2 Å². The van der Waals surface area contributed by atoms with Crippen molar-refractivity contribution in [2.45, 2.75) is 70.5 Å². The zero-order chi connectivity index (χ0) is 21.9. The average Bonchev–Trinajstić information content (AvgIpc) is 3.45. The molecule has 2 aliphatic carbocycles. The first-order valence-electron chi connectivity index (χ1n) is 12.2. The molecule has 0 aromatic heterocycles. The van der Waals surface area contributed by atoms with Crippen molar-refractivity contribution in [3.63, 3.8) is 0 Å². The van der Waals surface area contributed by atoms with E-state index in [4.69, 9.17) is 4.43 Å². The van der Waals surface area contributed by atoms with Crippen LogP contribution in [0.3, 0.4) is 0 Å². The summed E-state index contributed by atoms with van der Waals surface area (Å²) in [5.74, 6) is 0.880. The van der Waals surface area contributed by atoms with Gasteiger partial charge in [0.15, 0.2) is 8.32 Å². The zero-order valence-electron chi connectivity index (χ0n) is 21.0. The molecule has 0 saturated carbocycles. The molecule has 5 heteroatoms. The molecule has 2 aromatic rings. The quantitative estimate of drug-likeness (QED) is 0.304. The van der Waals surface area contributed by atoms with Crippen LogP contribution in [0.5, 0.6) is 0 Å². The van der Waals surface area contributed by atoms with Crippen molar-refractivity contribution in [3.8, 4) is 0 Å². The molecule has 0 aliphatic heterocycles. The fourth-order valence-corrected chi connectivity index (χ4v) is 8.64. The molecule has 0 spiro atoms. The van der Waals surface area contributed by atoms with Crippen molar-refractivity contribution in [1.82, 2.24) is 0 Å². The predicted molar refractivity (Wildman–Crippen MR) is 137 cm³/mol. The Morgan fingerprint density at radius 3 is 1.65 bits per heavy atom. The van der Waals surface area contributed by atoms with Gasteiger partial charge in [-0.15, -0.1) is 0 Å². The minimum atomic E-state index is -1.52. The van der Waals surface area contributed by atoms with Crippen LogP contribution in [0.2, 0.25) is 18.1 Å². The molecule has 0 radical (unpaired) electrons. The second-order valence-corrected chi connectivity index (χ2v) is 14.4. The minimum Gasteiger partial charge on any atom is -1.00 e. The molecule has 0 fully saturated rings. The number of rotatable bonds is 10. The van der Waals surface area contributed by atoms with E-state index < -0.39 is 8.32 Å². The van der Waals surface area contributed by atoms with Crippen LogP contribution in [0.15, 0.2) is 60.7 Å². The maximum Gasteiger partial charge on any atom is 2.00 e. The number of fused-ring (bicyclic) bond motifs is 2. The third kappa shape index (κ3) is 6.09. The Kier molecular flexibility index (Phi) is 12.8. The molecule has 182 valence electrons. The average molecular weight is 593 g/mol. The van der Waals surface area contributed by atoms with Crippen molar-refractivity contribution in [2.75, 3.05) is 6.61 Å². The Hall–Kier alpha value is -0.440. The largest absolute Gasteiger partial charge is 2.00 e. The van der Waals surface area contributed by atoms with Gasteiger partial charge in [0.2, 0.25) is 0 Å². The summed E-state index contributed by atoms with van der Waals surface area (Å²) in [5, 5.41) is 0. The molecule has 0 amide bonds. The summed E-state index contributed by atoms with van der Waals surface area (Å²) in [6.45, 7) is 10.4. The van der Waals surface area contributed by atoms with Crippen LogP contribution in [-0.2, 0) is 30.6 Å². The first kappa shape index (κ1) is 31.6. The summed E-state index contributed by atoms with van der Waals surface area (Å²) >= 11 is 0. The Morgan fingerprint density at radius 1 is 0.765 bits per heavy atom. The number of hydrogen-bond acceptors (Lipinski definition) is 1. The van der Waals surface area contributed by atoms with Crippen LogP contribution < -0.4 is 24.8 Å². The van der Waals surface area contributed by atoms with Gasteiger partial charge in [-0.3, -0.25) is 0 Å². The first-order valence-corrected chi connectivity index (χ1v) is 14.8. The van der Waals surface area contributed by atoms with Crippen molar-refractivity contribution in [2.24, 2.45) is 5.41 Å². The summed E-state index contributed by atoms with van der Waals surface area (Å²) < 4.78 is 6.64. The molecular formula is C29H38Cl2OSiZr. The van der Waals surface area contributed by atoms with E-state index >= 15 is 0 Å². The van der Waals surface area contributed by atoms with Gasteiger partial charge in [0, 0.05) is 18.4 Å². The fraction of sp³-hybridized carbons (Fsp3) is 0.448. The van der Waals surface area contributed by atoms with Crippen LogP contribution in [0.1, 0.15) is 74.6 Å². The summed E-state index contributed by atoms with van der Waals surface area (Å²) in [4.78, 5) is 0. The van der Waals surface area contributed by atoms with Crippen molar-refractivity contribution < 1.29 is 55.4 Å². The summed E-state index contributed by atoms with van der Waals surface area (Å²) in [5.41, 5.74) is 5.88. The normalized spacial score (nSPS) is 19.3. The SMILES string of the molecule is CC[Si](CC)(CC)OCCCC(C)(C1C=Cc2ccccc21)C1C=Cc2ccccc21.[Cl-].[Cl-].[Zr+2]. The monoisotopic (exact) mass is 590 g/mol. The van der Waals surface area contributed by atoms with E-state index in [0.29, 0.717) is 11.8 Å². The second kappa shape index (κ2) is 13.8. The predicted octanol–water partition coefficient (Wildman–Crippen LogP) is 2.42. The van der Waals surface area contributed by atoms with Gasteiger partial charge in [-0.25, -0.2) is 0 Å². The van der Waals surface area contributed by atoms with E-state index in [-0.39, 0.29) is 56.4 Å². The van der Waals surface area contributed by atoms with E-state index in [0.717, 1.165) is 13.0 Å². The summed E-state index contributed by atoms with van der Waals surface area (Å²) in [6, 6.07) is 21.6. The number of hydrogen-bond donors (Lipinski definition) is 0. The van der Waals surface area contributed by atoms with E-state index in [2.05, 4.69) is 101 Å². The van der Waals surface area contributed by atoms with E-state index in [1.165, 1.54) is 46.8 Å². The molecule has 34 heavy (non-hydrogen) atoms. The molecule has 0 N–H and O–H groups in total. The molecule has 0 saturated heterocycles. The van der Waals surface area contributed by atoms with E-state index in [1.807, 2.05) is 0 Å². The molecule has 2 aromatic carbocycles. The molecule has 2 unspecified atom stereocenters. The van der Waals surface area contributed by atoms with Gasteiger partial charge in [0.1, 0.15) is 0 Å². The van der Waals surface area contributed by atoms with Gasteiger partial charge in [-0.2, -0.15) is 0 Å². The summed E-state index contributed by atoms with van der Waals surface area (Å²) in [6.07, 6.45) is 11.9. The number of allylic oxidation sites excluding steroid dienone is 2. The first-order chi connectivity index (χ1) is 15.1. The number of halogens is 2. The maximum atomic E-state index is 6.64. The topological polar surface area (TPSA) is 9.23 Å². The van der Waals surface area contributed by atoms with Crippen molar-refractivity contribution in [1.29, 1.82) is 0 Å². The summed E-state index contributed by atoms with van der Waals surface area (Å²) in [7, 11) is -1.52. The molecule has 2 atom stereocenters. The third-order valence-corrected chi connectivity index (χ3v) is 12.9. The minimum absolute atomic E-state index is 0. The molecule has 0 bridgehead atoms. The number of benzene rings is 2. The Bertz CT molecular complexity index is 900. The van der Waals surface area contributed by atoms with Gasteiger partial charge >= 0.3 is 26.2 Å².